The molecule has 16 heavy (non-hydrogen) atoms. The summed E-state index contributed by atoms with van der Waals surface area (Å²) in [5.74, 6) is 4.06. The molecule has 0 saturated heterocycles. The highest BCUT2D eigenvalue weighted by atomic mass is 32.2. The van der Waals surface area contributed by atoms with Gasteiger partial charge in [0.15, 0.2) is 0 Å². The van der Waals surface area contributed by atoms with E-state index in [1.54, 1.807) is 0 Å². The lowest BCUT2D eigenvalue weighted by atomic mass is 10.1. The van der Waals surface area contributed by atoms with Crippen LogP contribution in [-0.4, -0.2) is 35.3 Å². The number of nitrogens with one attached hydrogen (secondary N) is 1. The lowest BCUT2D eigenvalue weighted by molar-refractivity contribution is 0.252. The minimum absolute atomic E-state index is 0.319. The number of hydrogen-bond acceptors (Lipinski definition) is 3. The van der Waals surface area contributed by atoms with Gasteiger partial charge in [-0.15, -0.1) is 0 Å². The molecular formula is C13H27NOS. The molecule has 2 atom stereocenters. The molecule has 2 N–H and O–H groups in total. The van der Waals surface area contributed by atoms with Crippen molar-refractivity contribution in [2.24, 2.45) is 11.8 Å². The Morgan fingerprint density at radius 3 is 2.44 bits per heavy atom. The Kier molecular flexibility index (Phi) is 6.78. The van der Waals surface area contributed by atoms with E-state index in [9.17, 15) is 0 Å². The molecule has 0 radical (unpaired) electrons. The first-order chi connectivity index (χ1) is 7.63. The third-order valence-electron chi connectivity index (χ3n) is 2.95. The monoisotopic (exact) mass is 245 g/mol. The molecule has 1 saturated carbocycles. The average molecular weight is 245 g/mol. The molecule has 1 aliphatic rings. The maximum absolute atomic E-state index is 9.03. The van der Waals surface area contributed by atoms with Gasteiger partial charge in [-0.3, -0.25) is 0 Å². The first-order valence-corrected chi connectivity index (χ1v) is 7.73. The number of hydrogen-bond donors (Lipinski definition) is 2. The zero-order valence-electron chi connectivity index (χ0n) is 10.9. The maximum atomic E-state index is 9.03. The summed E-state index contributed by atoms with van der Waals surface area (Å²) < 4.78 is 0. The van der Waals surface area contributed by atoms with E-state index in [-0.39, 0.29) is 0 Å². The summed E-state index contributed by atoms with van der Waals surface area (Å²) in [6.45, 7) is 7.12. The minimum atomic E-state index is 0.319. The van der Waals surface area contributed by atoms with Crippen LogP contribution in [0.2, 0.25) is 0 Å². The van der Waals surface area contributed by atoms with Gasteiger partial charge >= 0.3 is 0 Å². The van der Waals surface area contributed by atoms with Crippen LogP contribution >= 0.6 is 11.8 Å². The van der Waals surface area contributed by atoms with Gasteiger partial charge in [0.2, 0.25) is 0 Å². The molecular weight excluding hydrogens is 218 g/mol. The quantitative estimate of drug-likeness (QED) is 0.655. The van der Waals surface area contributed by atoms with Crippen molar-refractivity contribution >= 4 is 11.8 Å². The van der Waals surface area contributed by atoms with E-state index in [0.717, 1.165) is 18.3 Å². The van der Waals surface area contributed by atoms with Crippen molar-refractivity contribution in [1.82, 2.24) is 5.32 Å². The van der Waals surface area contributed by atoms with Gasteiger partial charge in [0.1, 0.15) is 0 Å². The molecule has 0 aromatic rings. The van der Waals surface area contributed by atoms with Crippen LogP contribution in [-0.2, 0) is 0 Å². The second kappa shape index (κ2) is 7.57. The molecule has 0 aromatic carbocycles. The van der Waals surface area contributed by atoms with Gasteiger partial charge in [-0.05, 0) is 43.8 Å². The molecule has 1 aliphatic carbocycles. The van der Waals surface area contributed by atoms with Crippen LogP contribution in [0.1, 0.15) is 40.0 Å². The second-order valence-corrected chi connectivity index (χ2v) is 6.53. The summed E-state index contributed by atoms with van der Waals surface area (Å²) in [6.07, 6.45) is 3.62. The van der Waals surface area contributed by atoms with Crippen LogP contribution in [0.15, 0.2) is 0 Å². The fraction of sp³-hybridized carbons (Fsp3) is 1.00. The largest absolute Gasteiger partial charge is 0.396 e. The van der Waals surface area contributed by atoms with Gasteiger partial charge in [-0.1, -0.05) is 13.8 Å². The molecule has 0 aliphatic heterocycles. The Balaban J connectivity index is 2.12. The van der Waals surface area contributed by atoms with Crippen molar-refractivity contribution < 1.29 is 5.11 Å². The first-order valence-electron chi connectivity index (χ1n) is 6.58. The number of thioether (sulfide) groups is 1. The van der Waals surface area contributed by atoms with Crippen LogP contribution < -0.4 is 5.32 Å². The van der Waals surface area contributed by atoms with Gasteiger partial charge in [0, 0.05) is 24.4 Å². The van der Waals surface area contributed by atoms with Crippen molar-refractivity contribution in [3.63, 3.8) is 0 Å². The van der Waals surface area contributed by atoms with Gasteiger partial charge in [-0.2, -0.15) is 11.8 Å². The predicted molar refractivity (Wildman–Crippen MR) is 73.0 cm³/mol. The SMILES string of the molecule is CC(C)CSCC(C)NC(CCO)C1CC1. The van der Waals surface area contributed by atoms with Gasteiger partial charge in [0.25, 0.3) is 0 Å². The Labute approximate surface area is 105 Å². The van der Waals surface area contributed by atoms with E-state index in [2.05, 4.69) is 26.1 Å². The Morgan fingerprint density at radius 1 is 1.25 bits per heavy atom. The summed E-state index contributed by atoms with van der Waals surface area (Å²) in [7, 11) is 0. The van der Waals surface area contributed by atoms with Crippen LogP contribution in [0.25, 0.3) is 0 Å². The fourth-order valence-corrected chi connectivity index (χ4v) is 3.04. The van der Waals surface area contributed by atoms with E-state index in [1.807, 2.05) is 11.8 Å². The van der Waals surface area contributed by atoms with Crippen LogP contribution in [0.5, 0.6) is 0 Å². The van der Waals surface area contributed by atoms with E-state index in [0.29, 0.717) is 18.7 Å². The topological polar surface area (TPSA) is 32.3 Å². The molecule has 0 bridgehead atoms. The number of aliphatic hydroxyl groups excluding tert-OH is 1. The minimum Gasteiger partial charge on any atom is -0.396 e. The summed E-state index contributed by atoms with van der Waals surface area (Å²) in [5, 5.41) is 12.7. The van der Waals surface area contributed by atoms with E-state index < -0.39 is 0 Å². The first kappa shape index (κ1) is 14.3. The van der Waals surface area contributed by atoms with E-state index in [4.69, 9.17) is 5.11 Å². The molecule has 1 rings (SSSR count). The third-order valence-corrected chi connectivity index (χ3v) is 4.59. The van der Waals surface area contributed by atoms with Crippen molar-refractivity contribution in [2.45, 2.75) is 52.1 Å². The normalized spacial score (nSPS) is 20.1. The van der Waals surface area contributed by atoms with Crippen molar-refractivity contribution in [3.05, 3.63) is 0 Å². The van der Waals surface area contributed by atoms with Crippen LogP contribution in [0, 0.1) is 11.8 Å². The smallest absolute Gasteiger partial charge is 0.0445 e. The molecule has 0 heterocycles. The van der Waals surface area contributed by atoms with Gasteiger partial charge in [-0.25, -0.2) is 0 Å². The lowest BCUT2D eigenvalue weighted by Gasteiger charge is -2.22. The molecule has 96 valence electrons. The van der Waals surface area contributed by atoms with Crippen molar-refractivity contribution in [2.75, 3.05) is 18.1 Å². The van der Waals surface area contributed by atoms with Gasteiger partial charge < -0.3 is 10.4 Å². The Morgan fingerprint density at radius 2 is 1.94 bits per heavy atom. The second-order valence-electron chi connectivity index (χ2n) is 5.46. The predicted octanol–water partition coefficient (Wildman–Crippen LogP) is 2.51. The average Bonchev–Trinajstić information content (AvgIpc) is 2.99. The van der Waals surface area contributed by atoms with Crippen molar-refractivity contribution in [3.8, 4) is 0 Å². The zero-order valence-corrected chi connectivity index (χ0v) is 11.7. The maximum Gasteiger partial charge on any atom is 0.0445 e. The van der Waals surface area contributed by atoms with E-state index >= 15 is 0 Å². The standard InChI is InChI=1S/C13H27NOS/c1-10(2)8-16-9-11(3)14-13(6-7-15)12-4-5-12/h10-15H,4-9H2,1-3H3. The Hall–Kier alpha value is 0.270. The number of rotatable bonds is 9. The zero-order chi connectivity index (χ0) is 12.0. The molecule has 2 nitrogen and oxygen atoms in total. The molecule has 0 aromatic heterocycles. The van der Waals surface area contributed by atoms with E-state index in [1.165, 1.54) is 24.3 Å². The molecule has 2 unspecified atom stereocenters. The summed E-state index contributed by atoms with van der Waals surface area (Å²) in [5.41, 5.74) is 0. The Bertz CT molecular complexity index is 183. The fourth-order valence-electron chi connectivity index (χ4n) is 1.99. The molecule has 1 fully saturated rings. The van der Waals surface area contributed by atoms with Crippen LogP contribution in [0.3, 0.4) is 0 Å². The third kappa shape index (κ3) is 6.12. The highest BCUT2D eigenvalue weighted by Crippen LogP contribution is 2.34. The summed E-state index contributed by atoms with van der Waals surface area (Å²) >= 11 is 2.04. The van der Waals surface area contributed by atoms with Crippen LogP contribution in [0.4, 0.5) is 0 Å². The summed E-state index contributed by atoms with van der Waals surface area (Å²) in [6, 6.07) is 1.13. The molecule has 3 heteroatoms. The lowest BCUT2D eigenvalue weighted by Crippen LogP contribution is -2.40. The van der Waals surface area contributed by atoms with Crippen molar-refractivity contribution in [1.29, 1.82) is 0 Å². The highest BCUT2D eigenvalue weighted by molar-refractivity contribution is 7.99. The molecule has 0 amide bonds. The summed E-state index contributed by atoms with van der Waals surface area (Å²) in [4.78, 5) is 0. The number of aliphatic hydroxyl groups is 1. The van der Waals surface area contributed by atoms with Gasteiger partial charge in [0.05, 0.1) is 0 Å². The highest BCUT2D eigenvalue weighted by Gasteiger charge is 2.31. The molecule has 0 spiro atoms.